The van der Waals surface area contributed by atoms with Crippen LogP contribution >= 0.6 is 0 Å². The van der Waals surface area contributed by atoms with Gasteiger partial charge in [0.25, 0.3) is 12.1 Å². The maximum atomic E-state index is 12.8. The van der Waals surface area contributed by atoms with Crippen LogP contribution in [0.1, 0.15) is 20.3 Å². The summed E-state index contributed by atoms with van der Waals surface area (Å²) in [5, 5.41) is 0. The van der Waals surface area contributed by atoms with Gasteiger partial charge in [-0.1, -0.05) is 0 Å². The molecule has 0 amide bonds. The van der Waals surface area contributed by atoms with E-state index < -0.39 is 36.7 Å². The Balaban J connectivity index is 4.86. The molecule has 10 heteroatoms. The van der Waals surface area contributed by atoms with Gasteiger partial charge in [-0.15, -0.1) is 13.2 Å². The second-order valence-corrected chi connectivity index (χ2v) is 4.15. The molecule has 1 nitrogen and oxygen atoms in total. The quantitative estimate of drug-likeness (QED) is 0.705. The van der Waals surface area contributed by atoms with Crippen LogP contribution < -0.4 is 0 Å². The average Bonchev–Trinajstić information content (AvgIpc) is 1.93. The molecule has 0 rings (SSSR count). The second-order valence-electron chi connectivity index (χ2n) is 4.15. The van der Waals surface area contributed by atoms with E-state index >= 15 is 0 Å². The first-order chi connectivity index (χ1) is 7.57. The summed E-state index contributed by atoms with van der Waals surface area (Å²) in [5.74, 6) is -5.02. The summed E-state index contributed by atoms with van der Waals surface area (Å²) < 4.78 is 112. The molecule has 0 saturated heterocycles. The van der Waals surface area contributed by atoms with E-state index in [0.717, 1.165) is 0 Å². The van der Waals surface area contributed by atoms with Crippen LogP contribution in [0.15, 0.2) is 0 Å². The Bertz CT molecular complexity index is 277. The number of hydrogen-bond donors (Lipinski definition) is 0. The molecule has 0 aromatic carbocycles. The monoisotopic (exact) mass is 292 g/mol. The second kappa shape index (κ2) is 4.78. The summed E-state index contributed by atoms with van der Waals surface area (Å²) in [6, 6.07) is 0. The molecular formula is C8H9F9O. The smallest absolute Gasteiger partial charge is 0.286 e. The molecule has 0 spiro atoms. The van der Waals surface area contributed by atoms with Gasteiger partial charge in [-0.2, -0.15) is 13.2 Å². The Morgan fingerprint density at radius 1 is 0.889 bits per heavy atom. The lowest BCUT2D eigenvalue weighted by Gasteiger charge is -2.32. The van der Waals surface area contributed by atoms with Crippen LogP contribution in [-0.2, 0) is 4.74 Å². The highest BCUT2D eigenvalue weighted by Crippen LogP contribution is 2.41. The molecule has 0 aromatic rings. The van der Waals surface area contributed by atoms with E-state index in [1.54, 1.807) is 0 Å². The summed E-state index contributed by atoms with van der Waals surface area (Å²) in [6.45, 7) is 0.967. The summed E-state index contributed by atoms with van der Waals surface area (Å²) in [7, 11) is 0. The fourth-order valence-corrected chi connectivity index (χ4v) is 1.25. The van der Waals surface area contributed by atoms with Crippen molar-refractivity contribution >= 4 is 0 Å². The highest BCUT2D eigenvalue weighted by molar-refractivity contribution is 4.89. The first-order valence-electron chi connectivity index (χ1n) is 4.42. The molecular weight excluding hydrogens is 283 g/mol. The third kappa shape index (κ3) is 5.78. The van der Waals surface area contributed by atoms with Crippen molar-refractivity contribution in [3.63, 3.8) is 0 Å². The van der Waals surface area contributed by atoms with Gasteiger partial charge in [-0.3, -0.25) is 4.74 Å². The highest BCUT2D eigenvalue weighted by Gasteiger charge is 2.59. The van der Waals surface area contributed by atoms with Crippen molar-refractivity contribution < 1.29 is 44.3 Å². The molecule has 0 aliphatic carbocycles. The van der Waals surface area contributed by atoms with Gasteiger partial charge in [0.05, 0.1) is 5.60 Å². The molecule has 110 valence electrons. The van der Waals surface area contributed by atoms with Crippen molar-refractivity contribution in [2.75, 3.05) is 0 Å². The molecule has 1 atom stereocenters. The third-order valence-electron chi connectivity index (χ3n) is 1.71. The largest absolute Gasteiger partial charge is 0.523 e. The average molecular weight is 292 g/mol. The Labute approximate surface area is 95.9 Å². The number of halogens is 9. The molecule has 0 bridgehead atoms. The van der Waals surface area contributed by atoms with Crippen LogP contribution in [0.4, 0.5) is 39.5 Å². The lowest BCUT2D eigenvalue weighted by Crippen LogP contribution is -2.47. The summed E-state index contributed by atoms with van der Waals surface area (Å²) in [4.78, 5) is 0. The van der Waals surface area contributed by atoms with Crippen molar-refractivity contribution in [3.8, 4) is 0 Å². The lowest BCUT2D eigenvalue weighted by molar-refractivity contribution is -0.369. The van der Waals surface area contributed by atoms with Gasteiger partial charge in [0.1, 0.15) is 0 Å². The molecule has 18 heavy (non-hydrogen) atoms. The van der Waals surface area contributed by atoms with E-state index in [1.165, 1.54) is 0 Å². The third-order valence-corrected chi connectivity index (χ3v) is 1.71. The normalized spacial score (nSPS) is 16.8. The Morgan fingerprint density at radius 3 is 1.56 bits per heavy atom. The van der Waals surface area contributed by atoms with Crippen LogP contribution in [0.5, 0.6) is 0 Å². The van der Waals surface area contributed by atoms with Crippen LogP contribution in [0.3, 0.4) is 0 Å². The van der Waals surface area contributed by atoms with Gasteiger partial charge in [0.2, 0.25) is 0 Å². The van der Waals surface area contributed by atoms with Crippen molar-refractivity contribution in [2.45, 2.75) is 50.5 Å². The van der Waals surface area contributed by atoms with E-state index in [2.05, 4.69) is 4.74 Å². The van der Waals surface area contributed by atoms with E-state index in [0.29, 0.717) is 13.8 Å². The highest BCUT2D eigenvalue weighted by atomic mass is 19.4. The van der Waals surface area contributed by atoms with Crippen LogP contribution in [-0.4, -0.2) is 30.2 Å². The van der Waals surface area contributed by atoms with E-state index in [1.807, 2.05) is 0 Å². The number of hydrogen-bond acceptors (Lipinski definition) is 1. The summed E-state index contributed by atoms with van der Waals surface area (Å²) >= 11 is 0. The van der Waals surface area contributed by atoms with Gasteiger partial charge >= 0.3 is 12.5 Å². The van der Waals surface area contributed by atoms with Crippen molar-refractivity contribution in [1.29, 1.82) is 0 Å². The fraction of sp³-hybridized carbons (Fsp3) is 1.00. The maximum absolute atomic E-state index is 12.8. The minimum Gasteiger partial charge on any atom is -0.286 e. The Kier molecular flexibility index (Phi) is 4.60. The molecule has 0 N–H and O–H groups in total. The van der Waals surface area contributed by atoms with Crippen molar-refractivity contribution in [3.05, 3.63) is 0 Å². The van der Waals surface area contributed by atoms with E-state index in [9.17, 15) is 39.5 Å². The van der Waals surface area contributed by atoms with Crippen molar-refractivity contribution in [2.24, 2.45) is 0 Å². The zero-order chi connectivity index (χ0) is 15.0. The predicted octanol–water partition coefficient (Wildman–Crippen LogP) is 4.23. The number of alkyl halides is 9. The maximum Gasteiger partial charge on any atom is 0.523 e. The topological polar surface area (TPSA) is 9.23 Å². The molecule has 0 aliphatic heterocycles. The standard InChI is InChI=1S/C8H9F9O/c1-5(2,18-8(15,16)17)3-6(10,11)4(9)7(12,13)14/h4H,3H2,1-2H3. The van der Waals surface area contributed by atoms with Crippen LogP contribution in [0.2, 0.25) is 0 Å². The Morgan fingerprint density at radius 2 is 1.28 bits per heavy atom. The minimum absolute atomic E-state index is 0.484. The zero-order valence-corrected chi connectivity index (χ0v) is 9.09. The number of ether oxygens (including phenoxy) is 1. The van der Waals surface area contributed by atoms with Gasteiger partial charge < -0.3 is 0 Å². The van der Waals surface area contributed by atoms with E-state index in [-0.39, 0.29) is 0 Å². The molecule has 0 heterocycles. The zero-order valence-electron chi connectivity index (χ0n) is 9.09. The fourth-order valence-electron chi connectivity index (χ4n) is 1.25. The van der Waals surface area contributed by atoms with Crippen LogP contribution in [0.25, 0.3) is 0 Å². The SMILES string of the molecule is CC(C)(CC(F)(F)C(F)C(F)(F)F)OC(F)(F)F. The lowest BCUT2D eigenvalue weighted by atomic mass is 9.96. The molecule has 0 saturated carbocycles. The molecule has 1 unspecified atom stereocenters. The first kappa shape index (κ1) is 17.3. The minimum atomic E-state index is -5.86. The summed E-state index contributed by atoms with van der Waals surface area (Å²) in [5.41, 5.74) is -2.70. The van der Waals surface area contributed by atoms with Crippen LogP contribution in [0, 0.1) is 0 Å². The first-order valence-corrected chi connectivity index (χ1v) is 4.42. The van der Waals surface area contributed by atoms with Gasteiger partial charge in [-0.25, -0.2) is 13.2 Å². The summed E-state index contributed by atoms with van der Waals surface area (Å²) in [6.07, 6.45) is -17.8. The molecule has 0 aliphatic rings. The molecule has 0 aromatic heterocycles. The van der Waals surface area contributed by atoms with Gasteiger partial charge in [0, 0.05) is 6.42 Å². The van der Waals surface area contributed by atoms with E-state index in [4.69, 9.17) is 0 Å². The van der Waals surface area contributed by atoms with Gasteiger partial charge in [0.15, 0.2) is 0 Å². The number of rotatable bonds is 4. The predicted molar refractivity (Wildman–Crippen MR) is 41.7 cm³/mol. The van der Waals surface area contributed by atoms with Crippen molar-refractivity contribution in [1.82, 2.24) is 0 Å². The van der Waals surface area contributed by atoms with Gasteiger partial charge in [-0.05, 0) is 13.8 Å². The molecule has 0 radical (unpaired) electrons. The molecule has 0 fully saturated rings. The Hall–Kier alpha value is -0.670.